The second-order valence-corrected chi connectivity index (χ2v) is 6.39. The number of hydrogen-bond donors (Lipinski definition) is 1. The zero-order chi connectivity index (χ0) is 17.4. The minimum atomic E-state index is 0.745. The van der Waals surface area contributed by atoms with Crippen molar-refractivity contribution >= 4 is 28.2 Å². The average molecular weight is 331 g/mol. The van der Waals surface area contributed by atoms with Crippen LogP contribution in [0.1, 0.15) is 30.3 Å². The van der Waals surface area contributed by atoms with E-state index in [0.29, 0.717) is 0 Å². The van der Waals surface area contributed by atoms with Crippen LogP contribution in [-0.2, 0) is 6.42 Å². The first kappa shape index (κ1) is 15.6. The molecule has 0 spiro atoms. The van der Waals surface area contributed by atoms with Crippen molar-refractivity contribution in [1.29, 1.82) is 0 Å². The number of para-hydroxylation sites is 1. The smallest absolute Gasteiger partial charge is 0.184 e. The van der Waals surface area contributed by atoms with Gasteiger partial charge in [0.05, 0.1) is 5.39 Å². The molecule has 0 atom stereocenters. The summed E-state index contributed by atoms with van der Waals surface area (Å²) in [5, 5.41) is 9.22. The van der Waals surface area contributed by atoms with E-state index in [2.05, 4.69) is 36.3 Å². The van der Waals surface area contributed by atoms with E-state index >= 15 is 0 Å². The van der Waals surface area contributed by atoms with Gasteiger partial charge in [0.1, 0.15) is 5.82 Å². The molecule has 0 aliphatic carbocycles. The Morgan fingerprint density at radius 3 is 2.60 bits per heavy atom. The van der Waals surface area contributed by atoms with Crippen molar-refractivity contribution in [2.75, 3.05) is 5.32 Å². The Bertz CT molecular complexity index is 1050. The fourth-order valence-electron chi connectivity index (χ4n) is 3.21. The quantitative estimate of drug-likeness (QED) is 0.594. The van der Waals surface area contributed by atoms with E-state index in [4.69, 9.17) is 10.1 Å². The van der Waals surface area contributed by atoms with Crippen molar-refractivity contribution in [2.45, 2.75) is 33.6 Å². The number of fused-ring (bicyclic) bond motifs is 3. The summed E-state index contributed by atoms with van der Waals surface area (Å²) >= 11 is 0. The molecule has 0 amide bonds. The molecule has 5 nitrogen and oxygen atoms in total. The van der Waals surface area contributed by atoms with Crippen molar-refractivity contribution < 1.29 is 0 Å². The minimum absolute atomic E-state index is 0.745. The molecule has 3 heterocycles. The van der Waals surface area contributed by atoms with E-state index in [1.165, 1.54) is 0 Å². The minimum Gasteiger partial charge on any atom is -0.340 e. The molecule has 4 rings (SSSR count). The van der Waals surface area contributed by atoms with E-state index < -0.39 is 0 Å². The third-order valence-corrected chi connectivity index (χ3v) is 4.28. The third kappa shape index (κ3) is 2.82. The molecule has 1 N–H and O–H groups in total. The highest BCUT2D eigenvalue weighted by Gasteiger charge is 2.15. The Labute approximate surface area is 146 Å². The Hall–Kier alpha value is -2.95. The molecule has 0 bridgehead atoms. The molecule has 0 saturated carbocycles. The van der Waals surface area contributed by atoms with Crippen LogP contribution in [0.4, 0.5) is 11.5 Å². The summed E-state index contributed by atoms with van der Waals surface area (Å²) in [6.07, 6.45) is 1.99. The first-order chi connectivity index (χ1) is 12.2. The average Bonchev–Trinajstić information content (AvgIpc) is 2.95. The molecule has 0 aliphatic heterocycles. The predicted molar refractivity (Wildman–Crippen MR) is 101 cm³/mol. The summed E-state index contributed by atoms with van der Waals surface area (Å²) in [4.78, 5) is 9.46. The van der Waals surface area contributed by atoms with Gasteiger partial charge in [-0.1, -0.05) is 31.5 Å². The van der Waals surface area contributed by atoms with Gasteiger partial charge < -0.3 is 5.32 Å². The number of nitrogens with one attached hydrogen (secondary N) is 1. The Balaban J connectivity index is 1.98. The van der Waals surface area contributed by atoms with Crippen LogP contribution < -0.4 is 5.32 Å². The standard InChI is InChI=1S/C20H21N5/c1-4-8-16-12-17(22-15-9-6-5-7-10-15)25-20(23-16)18-13(2)11-14(3)21-19(18)24-25/h5-7,9-12,22H,4,8H2,1-3H3. The molecule has 25 heavy (non-hydrogen) atoms. The summed E-state index contributed by atoms with van der Waals surface area (Å²) in [5.41, 5.74) is 5.83. The Morgan fingerprint density at radius 2 is 1.84 bits per heavy atom. The predicted octanol–water partition coefficient (Wildman–Crippen LogP) is 4.59. The number of anilines is 2. The molecule has 4 aromatic rings. The van der Waals surface area contributed by atoms with Gasteiger partial charge in [0.25, 0.3) is 0 Å². The lowest BCUT2D eigenvalue weighted by molar-refractivity contribution is 0.864. The normalized spacial score (nSPS) is 11.3. The molecule has 3 aromatic heterocycles. The van der Waals surface area contributed by atoms with Gasteiger partial charge in [-0.2, -0.15) is 4.52 Å². The Morgan fingerprint density at radius 1 is 1.04 bits per heavy atom. The molecule has 5 heteroatoms. The van der Waals surface area contributed by atoms with Gasteiger partial charge in [0.15, 0.2) is 11.3 Å². The second-order valence-electron chi connectivity index (χ2n) is 6.39. The van der Waals surface area contributed by atoms with E-state index in [0.717, 1.165) is 58.0 Å². The zero-order valence-electron chi connectivity index (χ0n) is 14.7. The van der Waals surface area contributed by atoms with E-state index in [1.54, 1.807) is 0 Å². The first-order valence-corrected chi connectivity index (χ1v) is 8.64. The maximum atomic E-state index is 4.87. The van der Waals surface area contributed by atoms with Crippen LogP contribution in [0.15, 0.2) is 42.5 Å². The molecule has 1 aromatic carbocycles. The van der Waals surface area contributed by atoms with Gasteiger partial charge in [0.2, 0.25) is 0 Å². The number of rotatable bonds is 4. The van der Waals surface area contributed by atoms with Crippen LogP contribution >= 0.6 is 0 Å². The lowest BCUT2D eigenvalue weighted by Crippen LogP contribution is -2.04. The number of aryl methyl sites for hydroxylation is 3. The SMILES string of the molecule is CCCc1cc(Nc2ccccc2)n2nc3nc(C)cc(C)c3c2n1. The maximum Gasteiger partial charge on any atom is 0.184 e. The van der Waals surface area contributed by atoms with Crippen LogP contribution in [0.5, 0.6) is 0 Å². The monoisotopic (exact) mass is 331 g/mol. The highest BCUT2D eigenvalue weighted by Crippen LogP contribution is 2.26. The van der Waals surface area contributed by atoms with Gasteiger partial charge in [-0.3, -0.25) is 0 Å². The molecule has 0 aliphatic rings. The van der Waals surface area contributed by atoms with Crippen molar-refractivity contribution in [2.24, 2.45) is 0 Å². The third-order valence-electron chi connectivity index (χ3n) is 4.28. The summed E-state index contributed by atoms with van der Waals surface area (Å²) in [5.74, 6) is 0.912. The molecule has 0 saturated heterocycles. The van der Waals surface area contributed by atoms with Crippen LogP contribution in [-0.4, -0.2) is 19.6 Å². The van der Waals surface area contributed by atoms with Gasteiger partial charge in [-0.05, 0) is 44.0 Å². The lowest BCUT2D eigenvalue weighted by Gasteiger charge is -2.10. The molecule has 0 radical (unpaired) electrons. The molecule has 126 valence electrons. The van der Waals surface area contributed by atoms with Gasteiger partial charge >= 0.3 is 0 Å². The van der Waals surface area contributed by atoms with Crippen molar-refractivity contribution in [1.82, 2.24) is 19.6 Å². The first-order valence-electron chi connectivity index (χ1n) is 8.64. The van der Waals surface area contributed by atoms with Crippen molar-refractivity contribution in [3.63, 3.8) is 0 Å². The molecule has 0 fully saturated rings. The van der Waals surface area contributed by atoms with Crippen LogP contribution in [0.2, 0.25) is 0 Å². The zero-order valence-corrected chi connectivity index (χ0v) is 14.7. The number of benzene rings is 1. The summed E-state index contributed by atoms with van der Waals surface area (Å²) in [7, 11) is 0. The second kappa shape index (κ2) is 6.16. The number of hydrogen-bond acceptors (Lipinski definition) is 4. The van der Waals surface area contributed by atoms with Gasteiger partial charge in [0, 0.05) is 23.1 Å². The topological polar surface area (TPSA) is 55.1 Å². The number of aromatic nitrogens is 4. The molecular formula is C20H21N5. The lowest BCUT2D eigenvalue weighted by atomic mass is 10.2. The van der Waals surface area contributed by atoms with Crippen molar-refractivity contribution in [3.05, 3.63) is 59.4 Å². The van der Waals surface area contributed by atoms with Crippen LogP contribution in [0, 0.1) is 13.8 Å². The van der Waals surface area contributed by atoms with Crippen molar-refractivity contribution in [3.8, 4) is 0 Å². The fourth-order valence-corrected chi connectivity index (χ4v) is 3.21. The molecule has 0 unspecified atom stereocenters. The highest BCUT2D eigenvalue weighted by molar-refractivity contribution is 5.93. The van der Waals surface area contributed by atoms with Gasteiger partial charge in [-0.15, -0.1) is 5.10 Å². The maximum absolute atomic E-state index is 4.87. The fraction of sp³-hybridized carbons (Fsp3) is 0.250. The van der Waals surface area contributed by atoms with Gasteiger partial charge in [-0.25, -0.2) is 9.97 Å². The number of pyridine rings is 1. The van der Waals surface area contributed by atoms with E-state index in [9.17, 15) is 0 Å². The summed E-state index contributed by atoms with van der Waals surface area (Å²) in [6.45, 7) is 6.26. The summed E-state index contributed by atoms with van der Waals surface area (Å²) < 4.78 is 1.87. The largest absolute Gasteiger partial charge is 0.340 e. The summed E-state index contributed by atoms with van der Waals surface area (Å²) in [6, 6.07) is 14.3. The Kier molecular flexibility index (Phi) is 3.84. The van der Waals surface area contributed by atoms with Crippen LogP contribution in [0.3, 0.4) is 0 Å². The van der Waals surface area contributed by atoms with E-state index in [1.807, 2.05) is 41.8 Å². The van der Waals surface area contributed by atoms with Crippen LogP contribution in [0.25, 0.3) is 16.7 Å². The highest BCUT2D eigenvalue weighted by atomic mass is 15.3. The number of nitrogens with zero attached hydrogens (tertiary/aromatic N) is 4. The molecular weight excluding hydrogens is 310 g/mol. The van der Waals surface area contributed by atoms with E-state index in [-0.39, 0.29) is 0 Å².